The molecule has 1 aromatic carbocycles. The molecule has 20 heavy (non-hydrogen) atoms. The molecule has 1 N–H and O–H groups in total. The zero-order valence-corrected chi connectivity index (χ0v) is 11.3. The maximum Gasteiger partial charge on any atom is 0.307 e. The fourth-order valence-corrected chi connectivity index (χ4v) is 1.69. The van der Waals surface area contributed by atoms with Crippen LogP contribution in [0.5, 0.6) is 0 Å². The molecule has 0 aliphatic rings. The first-order chi connectivity index (χ1) is 9.47. The van der Waals surface area contributed by atoms with E-state index in [1.807, 2.05) is 0 Å². The molecule has 7 nitrogen and oxygen atoms in total. The van der Waals surface area contributed by atoms with Crippen LogP contribution in [0.25, 0.3) is 0 Å². The number of rotatable bonds is 6. The largest absolute Gasteiger partial charge is 0.466 e. The molecule has 0 fully saturated rings. The number of aryl methyl sites for hydroxylation is 1. The summed E-state index contributed by atoms with van der Waals surface area (Å²) in [5.74, 6) is -1.00. The molecule has 0 unspecified atom stereocenters. The summed E-state index contributed by atoms with van der Waals surface area (Å²) < 4.78 is 4.71. The molecule has 0 saturated heterocycles. The topological polar surface area (TPSA) is 98.5 Å². The number of ether oxygens (including phenoxy) is 1. The van der Waals surface area contributed by atoms with E-state index in [-0.39, 0.29) is 30.8 Å². The molecular formula is C13H16N2O5. The summed E-state index contributed by atoms with van der Waals surface area (Å²) in [6, 6.07) is 4.51. The zero-order chi connectivity index (χ0) is 15.1. The van der Waals surface area contributed by atoms with E-state index in [2.05, 4.69) is 5.32 Å². The maximum atomic E-state index is 11.9. The van der Waals surface area contributed by atoms with Crippen molar-refractivity contribution in [2.24, 2.45) is 0 Å². The van der Waals surface area contributed by atoms with Gasteiger partial charge in [0, 0.05) is 12.1 Å². The maximum absolute atomic E-state index is 11.9. The Hall–Kier alpha value is -2.44. The number of carbonyl (C=O) groups excluding carboxylic acids is 2. The van der Waals surface area contributed by atoms with Crippen LogP contribution in [0, 0.1) is 17.0 Å². The Morgan fingerprint density at radius 2 is 2.10 bits per heavy atom. The van der Waals surface area contributed by atoms with E-state index in [9.17, 15) is 19.7 Å². The lowest BCUT2D eigenvalue weighted by atomic mass is 10.1. The Bertz CT molecular complexity index is 527. The van der Waals surface area contributed by atoms with Gasteiger partial charge < -0.3 is 10.1 Å². The average Bonchev–Trinajstić information content (AvgIpc) is 2.38. The van der Waals surface area contributed by atoms with Gasteiger partial charge >= 0.3 is 5.97 Å². The van der Waals surface area contributed by atoms with Crippen LogP contribution < -0.4 is 5.32 Å². The Morgan fingerprint density at radius 3 is 2.70 bits per heavy atom. The fourth-order valence-electron chi connectivity index (χ4n) is 1.69. The normalized spacial score (nSPS) is 9.90. The highest BCUT2D eigenvalue weighted by Crippen LogP contribution is 2.22. The monoisotopic (exact) mass is 280 g/mol. The molecule has 1 amide bonds. The molecule has 0 atom stereocenters. The summed E-state index contributed by atoms with van der Waals surface area (Å²) in [6.07, 6.45) is 0.0270. The van der Waals surface area contributed by atoms with Gasteiger partial charge in [0.1, 0.15) is 5.56 Å². The van der Waals surface area contributed by atoms with E-state index >= 15 is 0 Å². The standard InChI is InChI=1S/C13H16N2O5/c1-3-20-11(16)7-8-14-13(17)10-6-4-5-9(2)12(10)15(18)19/h4-6H,3,7-8H2,1-2H3,(H,14,17). The summed E-state index contributed by atoms with van der Waals surface area (Å²) in [6.45, 7) is 3.60. The van der Waals surface area contributed by atoms with E-state index in [0.717, 1.165) is 0 Å². The first-order valence-corrected chi connectivity index (χ1v) is 6.15. The predicted octanol–water partition coefficient (Wildman–Crippen LogP) is 1.59. The molecule has 0 spiro atoms. The molecule has 0 aliphatic carbocycles. The summed E-state index contributed by atoms with van der Waals surface area (Å²) >= 11 is 0. The van der Waals surface area contributed by atoms with Gasteiger partial charge in [-0.05, 0) is 19.9 Å². The lowest BCUT2D eigenvalue weighted by Crippen LogP contribution is -2.27. The van der Waals surface area contributed by atoms with Gasteiger partial charge in [0.2, 0.25) is 0 Å². The van der Waals surface area contributed by atoms with Crippen LogP contribution in [-0.4, -0.2) is 30.0 Å². The average molecular weight is 280 g/mol. The van der Waals surface area contributed by atoms with Gasteiger partial charge in [-0.25, -0.2) is 0 Å². The molecular weight excluding hydrogens is 264 g/mol. The van der Waals surface area contributed by atoms with Crippen LogP contribution in [-0.2, 0) is 9.53 Å². The number of benzene rings is 1. The van der Waals surface area contributed by atoms with Crippen LogP contribution in [0.4, 0.5) is 5.69 Å². The number of nitro benzene ring substituents is 1. The number of nitrogens with one attached hydrogen (secondary N) is 1. The summed E-state index contributed by atoms with van der Waals surface area (Å²) in [4.78, 5) is 33.4. The quantitative estimate of drug-likeness (QED) is 0.484. The lowest BCUT2D eigenvalue weighted by Gasteiger charge is -2.07. The van der Waals surface area contributed by atoms with E-state index in [1.54, 1.807) is 26.0 Å². The van der Waals surface area contributed by atoms with Gasteiger partial charge in [0.05, 0.1) is 18.0 Å². The SMILES string of the molecule is CCOC(=O)CCNC(=O)c1cccc(C)c1[N+](=O)[O-]. The van der Waals surface area contributed by atoms with Crippen molar-refractivity contribution in [1.29, 1.82) is 0 Å². The third kappa shape index (κ3) is 4.04. The second kappa shape index (κ2) is 7.22. The molecule has 0 saturated carbocycles. The Kier molecular flexibility index (Phi) is 5.64. The van der Waals surface area contributed by atoms with Crippen LogP contribution in [0.2, 0.25) is 0 Å². The van der Waals surface area contributed by atoms with Crippen LogP contribution in [0.15, 0.2) is 18.2 Å². The van der Waals surface area contributed by atoms with Crippen molar-refractivity contribution < 1.29 is 19.2 Å². The second-order valence-corrected chi connectivity index (χ2v) is 4.04. The van der Waals surface area contributed by atoms with E-state index in [1.165, 1.54) is 6.07 Å². The molecule has 0 radical (unpaired) electrons. The minimum Gasteiger partial charge on any atom is -0.466 e. The summed E-state index contributed by atoms with van der Waals surface area (Å²) in [5.41, 5.74) is 0.174. The number of amides is 1. The van der Waals surface area contributed by atoms with Gasteiger partial charge in [-0.3, -0.25) is 19.7 Å². The number of esters is 1. The van der Waals surface area contributed by atoms with Gasteiger partial charge in [-0.15, -0.1) is 0 Å². The second-order valence-electron chi connectivity index (χ2n) is 4.04. The zero-order valence-electron chi connectivity index (χ0n) is 11.3. The number of para-hydroxylation sites is 1. The van der Waals surface area contributed by atoms with Gasteiger partial charge in [0.25, 0.3) is 11.6 Å². The van der Waals surface area contributed by atoms with E-state index in [4.69, 9.17) is 4.74 Å². The Labute approximate surface area is 116 Å². The number of hydrogen-bond acceptors (Lipinski definition) is 5. The van der Waals surface area contributed by atoms with Crippen LogP contribution in [0.3, 0.4) is 0 Å². The molecule has 7 heteroatoms. The Morgan fingerprint density at radius 1 is 1.40 bits per heavy atom. The first kappa shape index (κ1) is 15.6. The van der Waals surface area contributed by atoms with Crippen LogP contribution in [0.1, 0.15) is 29.3 Å². The number of carbonyl (C=O) groups is 2. The number of nitrogens with zero attached hydrogens (tertiary/aromatic N) is 1. The smallest absolute Gasteiger partial charge is 0.307 e. The summed E-state index contributed by atoms with van der Waals surface area (Å²) in [7, 11) is 0. The molecule has 1 rings (SSSR count). The molecule has 0 aliphatic heterocycles. The highest BCUT2D eigenvalue weighted by molar-refractivity contribution is 5.98. The van der Waals surface area contributed by atoms with Crippen molar-refractivity contribution in [2.75, 3.05) is 13.2 Å². The molecule has 0 heterocycles. The molecule has 1 aromatic rings. The van der Waals surface area contributed by atoms with Crippen molar-refractivity contribution in [2.45, 2.75) is 20.3 Å². The van der Waals surface area contributed by atoms with Crippen molar-refractivity contribution >= 4 is 17.6 Å². The van der Waals surface area contributed by atoms with Crippen molar-refractivity contribution in [3.8, 4) is 0 Å². The number of hydrogen-bond donors (Lipinski definition) is 1. The van der Waals surface area contributed by atoms with Crippen LogP contribution >= 0.6 is 0 Å². The van der Waals surface area contributed by atoms with Crippen molar-refractivity contribution in [3.63, 3.8) is 0 Å². The highest BCUT2D eigenvalue weighted by atomic mass is 16.6. The molecule has 0 bridgehead atoms. The Balaban J connectivity index is 2.71. The first-order valence-electron chi connectivity index (χ1n) is 6.15. The fraction of sp³-hybridized carbons (Fsp3) is 0.385. The predicted molar refractivity (Wildman–Crippen MR) is 71.4 cm³/mol. The van der Waals surface area contributed by atoms with Crippen molar-refractivity contribution in [3.05, 3.63) is 39.4 Å². The van der Waals surface area contributed by atoms with Gasteiger partial charge in [0.15, 0.2) is 0 Å². The molecule has 0 aromatic heterocycles. The molecule has 108 valence electrons. The summed E-state index contributed by atoms with van der Waals surface area (Å²) in [5, 5.41) is 13.4. The minimum atomic E-state index is -0.588. The third-order valence-corrected chi connectivity index (χ3v) is 2.58. The number of nitro groups is 1. The third-order valence-electron chi connectivity index (χ3n) is 2.58. The van der Waals surface area contributed by atoms with Gasteiger partial charge in [-0.2, -0.15) is 0 Å². The van der Waals surface area contributed by atoms with Crippen molar-refractivity contribution in [1.82, 2.24) is 5.32 Å². The highest BCUT2D eigenvalue weighted by Gasteiger charge is 2.22. The van der Waals surface area contributed by atoms with Gasteiger partial charge in [-0.1, -0.05) is 12.1 Å². The lowest BCUT2D eigenvalue weighted by molar-refractivity contribution is -0.385. The minimum absolute atomic E-state index is 0.0149. The van der Waals surface area contributed by atoms with E-state index in [0.29, 0.717) is 5.56 Å². The van der Waals surface area contributed by atoms with E-state index < -0.39 is 16.8 Å².